The summed E-state index contributed by atoms with van der Waals surface area (Å²) in [5.41, 5.74) is 2.97. The van der Waals surface area contributed by atoms with Crippen LogP contribution in [0.2, 0.25) is 0 Å². The van der Waals surface area contributed by atoms with Gasteiger partial charge in [-0.25, -0.2) is 0 Å². The Kier molecular flexibility index (Phi) is 3.31. The fourth-order valence-corrected chi connectivity index (χ4v) is 2.73. The lowest BCUT2D eigenvalue weighted by molar-refractivity contribution is 0.183. The second-order valence-corrected chi connectivity index (χ2v) is 5.12. The lowest BCUT2D eigenvalue weighted by Crippen LogP contribution is -2.37. The standard InChI is InChI=1S/C14H21NO/c1-14(2)13(8-9-15-14)12-7-5-4-6-11(12)10-16-3/h4-7,13,15H,8-10H2,1-3H3. The third-order valence-electron chi connectivity index (χ3n) is 3.62. The molecule has 1 heterocycles. The summed E-state index contributed by atoms with van der Waals surface area (Å²) in [4.78, 5) is 0. The Morgan fingerprint density at radius 2 is 2.12 bits per heavy atom. The fourth-order valence-electron chi connectivity index (χ4n) is 2.73. The second kappa shape index (κ2) is 4.56. The highest BCUT2D eigenvalue weighted by atomic mass is 16.5. The number of ether oxygens (including phenoxy) is 1. The molecular formula is C14H21NO. The molecule has 1 atom stereocenters. The fraction of sp³-hybridized carbons (Fsp3) is 0.571. The van der Waals surface area contributed by atoms with E-state index in [0.29, 0.717) is 12.5 Å². The van der Waals surface area contributed by atoms with Gasteiger partial charge in [0.25, 0.3) is 0 Å². The highest BCUT2D eigenvalue weighted by molar-refractivity contribution is 5.33. The molecule has 0 amide bonds. The minimum atomic E-state index is 0.198. The van der Waals surface area contributed by atoms with Gasteiger partial charge in [0.1, 0.15) is 0 Å². The van der Waals surface area contributed by atoms with Crippen LogP contribution in [0.1, 0.15) is 37.3 Å². The molecule has 1 fully saturated rings. The molecule has 0 bridgehead atoms. The van der Waals surface area contributed by atoms with E-state index >= 15 is 0 Å². The molecule has 1 aromatic carbocycles. The normalized spacial score (nSPS) is 23.6. The molecule has 1 N–H and O–H groups in total. The van der Waals surface area contributed by atoms with Gasteiger partial charge in [-0.15, -0.1) is 0 Å². The van der Waals surface area contributed by atoms with Crippen molar-refractivity contribution in [1.82, 2.24) is 5.32 Å². The molecule has 1 saturated heterocycles. The zero-order valence-corrected chi connectivity index (χ0v) is 10.4. The zero-order valence-electron chi connectivity index (χ0n) is 10.4. The Morgan fingerprint density at radius 1 is 1.38 bits per heavy atom. The number of hydrogen-bond donors (Lipinski definition) is 1. The molecule has 1 unspecified atom stereocenters. The van der Waals surface area contributed by atoms with E-state index in [9.17, 15) is 0 Å². The highest BCUT2D eigenvalue weighted by Gasteiger charge is 2.35. The van der Waals surface area contributed by atoms with Crippen molar-refractivity contribution < 1.29 is 4.74 Å². The minimum Gasteiger partial charge on any atom is -0.380 e. The van der Waals surface area contributed by atoms with Crippen LogP contribution in [-0.2, 0) is 11.3 Å². The maximum atomic E-state index is 5.28. The smallest absolute Gasteiger partial charge is 0.0715 e. The lowest BCUT2D eigenvalue weighted by Gasteiger charge is -2.29. The summed E-state index contributed by atoms with van der Waals surface area (Å²) in [6.45, 7) is 6.39. The van der Waals surface area contributed by atoms with Gasteiger partial charge < -0.3 is 10.1 Å². The van der Waals surface area contributed by atoms with Gasteiger partial charge in [-0.1, -0.05) is 24.3 Å². The van der Waals surface area contributed by atoms with Crippen LogP contribution in [0, 0.1) is 0 Å². The summed E-state index contributed by atoms with van der Waals surface area (Å²) >= 11 is 0. The SMILES string of the molecule is COCc1ccccc1C1CCNC1(C)C. The van der Waals surface area contributed by atoms with Crippen molar-refractivity contribution in [3.05, 3.63) is 35.4 Å². The first-order valence-corrected chi connectivity index (χ1v) is 5.97. The molecule has 2 heteroatoms. The zero-order chi connectivity index (χ0) is 11.6. The van der Waals surface area contributed by atoms with E-state index in [4.69, 9.17) is 4.74 Å². The van der Waals surface area contributed by atoms with E-state index < -0.39 is 0 Å². The Morgan fingerprint density at radius 3 is 2.75 bits per heavy atom. The monoisotopic (exact) mass is 219 g/mol. The number of nitrogens with one attached hydrogen (secondary N) is 1. The van der Waals surface area contributed by atoms with Crippen molar-refractivity contribution in [3.8, 4) is 0 Å². The van der Waals surface area contributed by atoms with Crippen molar-refractivity contribution >= 4 is 0 Å². The molecule has 1 aromatic rings. The van der Waals surface area contributed by atoms with Crippen LogP contribution in [0.4, 0.5) is 0 Å². The van der Waals surface area contributed by atoms with Gasteiger partial charge in [-0.3, -0.25) is 0 Å². The van der Waals surface area contributed by atoms with Gasteiger partial charge in [0, 0.05) is 18.6 Å². The quantitative estimate of drug-likeness (QED) is 0.844. The van der Waals surface area contributed by atoms with Crippen LogP contribution in [0.5, 0.6) is 0 Å². The summed E-state index contributed by atoms with van der Waals surface area (Å²) < 4.78 is 5.28. The van der Waals surface area contributed by atoms with E-state index in [2.05, 4.69) is 43.4 Å². The van der Waals surface area contributed by atoms with Crippen molar-refractivity contribution in [1.29, 1.82) is 0 Å². The molecule has 0 aliphatic carbocycles. The van der Waals surface area contributed by atoms with Crippen LogP contribution < -0.4 is 5.32 Å². The van der Waals surface area contributed by atoms with Crippen LogP contribution in [0.25, 0.3) is 0 Å². The van der Waals surface area contributed by atoms with Crippen molar-refractivity contribution in [3.63, 3.8) is 0 Å². The third kappa shape index (κ3) is 2.13. The molecule has 0 spiro atoms. The first kappa shape index (κ1) is 11.6. The van der Waals surface area contributed by atoms with Gasteiger partial charge in [-0.05, 0) is 37.9 Å². The van der Waals surface area contributed by atoms with E-state index in [-0.39, 0.29) is 5.54 Å². The topological polar surface area (TPSA) is 21.3 Å². The minimum absolute atomic E-state index is 0.198. The van der Waals surface area contributed by atoms with Gasteiger partial charge in [-0.2, -0.15) is 0 Å². The van der Waals surface area contributed by atoms with Gasteiger partial charge in [0.05, 0.1) is 6.61 Å². The molecule has 1 aliphatic rings. The van der Waals surface area contributed by atoms with E-state index in [1.807, 2.05) is 0 Å². The molecule has 0 saturated carbocycles. The van der Waals surface area contributed by atoms with E-state index in [1.54, 1.807) is 7.11 Å². The first-order chi connectivity index (χ1) is 7.65. The van der Waals surface area contributed by atoms with Gasteiger partial charge in [0.15, 0.2) is 0 Å². The average molecular weight is 219 g/mol. The third-order valence-corrected chi connectivity index (χ3v) is 3.62. The summed E-state index contributed by atoms with van der Waals surface area (Å²) in [6.07, 6.45) is 1.22. The molecule has 2 rings (SSSR count). The summed E-state index contributed by atoms with van der Waals surface area (Å²) in [7, 11) is 1.76. The molecule has 1 aliphatic heterocycles. The van der Waals surface area contributed by atoms with Crippen molar-refractivity contribution in [2.75, 3.05) is 13.7 Å². The molecule has 88 valence electrons. The van der Waals surface area contributed by atoms with Crippen LogP contribution >= 0.6 is 0 Å². The Labute approximate surface area is 98.0 Å². The summed E-state index contributed by atoms with van der Waals surface area (Å²) in [5, 5.41) is 3.57. The molecular weight excluding hydrogens is 198 g/mol. The summed E-state index contributed by atoms with van der Waals surface area (Å²) in [5.74, 6) is 0.596. The highest BCUT2D eigenvalue weighted by Crippen LogP contribution is 2.37. The lowest BCUT2D eigenvalue weighted by atomic mass is 9.81. The predicted octanol–water partition coefficient (Wildman–Crippen LogP) is 2.69. The van der Waals surface area contributed by atoms with Crippen LogP contribution in [0.15, 0.2) is 24.3 Å². The predicted molar refractivity (Wildman–Crippen MR) is 66.6 cm³/mol. The Bertz CT molecular complexity index is 360. The molecule has 0 radical (unpaired) electrons. The number of methoxy groups -OCH3 is 1. The molecule has 0 aromatic heterocycles. The van der Waals surface area contributed by atoms with E-state index in [1.165, 1.54) is 17.5 Å². The Hall–Kier alpha value is -0.860. The van der Waals surface area contributed by atoms with Crippen LogP contribution in [0.3, 0.4) is 0 Å². The second-order valence-electron chi connectivity index (χ2n) is 5.12. The maximum Gasteiger partial charge on any atom is 0.0715 e. The molecule has 2 nitrogen and oxygen atoms in total. The van der Waals surface area contributed by atoms with Gasteiger partial charge in [0.2, 0.25) is 0 Å². The summed E-state index contributed by atoms with van der Waals surface area (Å²) in [6, 6.07) is 8.64. The molecule has 16 heavy (non-hydrogen) atoms. The maximum absolute atomic E-state index is 5.28. The first-order valence-electron chi connectivity index (χ1n) is 5.97. The van der Waals surface area contributed by atoms with Crippen molar-refractivity contribution in [2.24, 2.45) is 0 Å². The number of hydrogen-bond acceptors (Lipinski definition) is 2. The van der Waals surface area contributed by atoms with E-state index in [0.717, 1.165) is 6.54 Å². The van der Waals surface area contributed by atoms with Crippen molar-refractivity contribution in [2.45, 2.75) is 38.3 Å². The number of rotatable bonds is 3. The number of benzene rings is 1. The Balaban J connectivity index is 2.32. The average Bonchev–Trinajstić information content (AvgIpc) is 2.59. The largest absolute Gasteiger partial charge is 0.380 e. The van der Waals surface area contributed by atoms with Gasteiger partial charge >= 0.3 is 0 Å². The van der Waals surface area contributed by atoms with Crippen LogP contribution in [-0.4, -0.2) is 19.2 Å².